The highest BCUT2D eigenvalue weighted by atomic mass is 16.6. The first-order valence-electron chi connectivity index (χ1n) is 13.8. The number of nitrogens with one attached hydrogen (secondary N) is 2. The number of piperidine rings is 1. The number of aliphatic hydroxyl groups is 2. The molecule has 3 saturated heterocycles. The van der Waals surface area contributed by atoms with E-state index in [1.54, 1.807) is 4.90 Å². The Morgan fingerprint density at radius 2 is 1.95 bits per heavy atom. The van der Waals surface area contributed by atoms with Gasteiger partial charge in [-0.05, 0) is 51.0 Å². The summed E-state index contributed by atoms with van der Waals surface area (Å²) in [5.41, 5.74) is 6.92. The van der Waals surface area contributed by atoms with Gasteiger partial charge in [0.15, 0.2) is 23.8 Å². The van der Waals surface area contributed by atoms with Crippen LogP contribution in [0.1, 0.15) is 50.6 Å². The Balaban J connectivity index is 1.08. The molecule has 212 valence electrons. The number of carbonyl (C=O) groups excluding carboxylic acids is 2. The third kappa shape index (κ3) is 5.51. The number of amides is 2. The molecule has 39 heavy (non-hydrogen) atoms. The fraction of sp³-hybridized carbons (Fsp3) is 0.720. The minimum Gasteiger partial charge on any atom is -0.445 e. The van der Waals surface area contributed by atoms with E-state index >= 15 is 0 Å². The number of nitrogen functional groups attached to an aromatic ring is 1. The van der Waals surface area contributed by atoms with Crippen molar-refractivity contribution in [3.8, 4) is 0 Å². The van der Waals surface area contributed by atoms with Crippen LogP contribution in [-0.2, 0) is 20.7 Å². The molecule has 3 aliphatic heterocycles. The highest BCUT2D eigenvalue weighted by Gasteiger charge is 2.48. The largest absolute Gasteiger partial charge is 0.445 e. The number of aromatic nitrogens is 4. The van der Waals surface area contributed by atoms with Crippen LogP contribution in [0.5, 0.6) is 0 Å². The molecule has 1 saturated carbocycles. The van der Waals surface area contributed by atoms with Gasteiger partial charge in [-0.25, -0.2) is 19.7 Å². The first-order chi connectivity index (χ1) is 18.9. The maximum absolute atomic E-state index is 12.5. The van der Waals surface area contributed by atoms with Gasteiger partial charge in [0, 0.05) is 32.1 Å². The third-order valence-electron chi connectivity index (χ3n) is 8.12. The van der Waals surface area contributed by atoms with Crippen molar-refractivity contribution in [1.29, 1.82) is 0 Å². The summed E-state index contributed by atoms with van der Waals surface area (Å²) in [5.74, 6) is 0.714. The number of fused-ring (bicyclic) bond motifs is 1. The van der Waals surface area contributed by atoms with E-state index in [-0.39, 0.29) is 24.1 Å². The highest BCUT2D eigenvalue weighted by Crippen LogP contribution is 2.33. The molecule has 0 spiro atoms. The summed E-state index contributed by atoms with van der Waals surface area (Å²) < 4.78 is 12.9. The number of hydrogen-bond acceptors (Lipinski definition) is 11. The molecule has 14 heteroatoms. The zero-order valence-corrected chi connectivity index (χ0v) is 21.7. The Morgan fingerprint density at radius 3 is 2.67 bits per heavy atom. The van der Waals surface area contributed by atoms with E-state index in [1.165, 1.54) is 10.9 Å². The van der Waals surface area contributed by atoms with Crippen LogP contribution in [-0.4, -0.2) is 103 Å². The maximum Gasteiger partial charge on any atom is 0.410 e. The fourth-order valence-electron chi connectivity index (χ4n) is 5.58. The number of aliphatic hydroxyl groups excluding tert-OH is 2. The summed E-state index contributed by atoms with van der Waals surface area (Å²) in [5, 5.41) is 27.2. The first kappa shape index (κ1) is 26.2. The van der Waals surface area contributed by atoms with Gasteiger partial charge in [-0.3, -0.25) is 9.36 Å². The molecule has 6 N–H and O–H groups in total. The van der Waals surface area contributed by atoms with Crippen molar-refractivity contribution in [3.63, 3.8) is 0 Å². The van der Waals surface area contributed by atoms with Crippen molar-refractivity contribution in [1.82, 2.24) is 35.1 Å². The Bertz CT molecular complexity index is 1210. The number of imidazole rings is 1. The Hall–Kier alpha value is -3.07. The van der Waals surface area contributed by atoms with Crippen molar-refractivity contribution in [2.75, 3.05) is 31.9 Å². The molecule has 6 rings (SSSR count). The Morgan fingerprint density at radius 1 is 1.15 bits per heavy atom. The van der Waals surface area contributed by atoms with Crippen LogP contribution in [0.2, 0.25) is 0 Å². The predicted molar refractivity (Wildman–Crippen MR) is 137 cm³/mol. The summed E-state index contributed by atoms with van der Waals surface area (Å²) in [6.45, 7) is 2.92. The van der Waals surface area contributed by atoms with Gasteiger partial charge in [0.05, 0.1) is 6.33 Å². The van der Waals surface area contributed by atoms with Crippen LogP contribution in [0.3, 0.4) is 0 Å². The summed E-state index contributed by atoms with van der Waals surface area (Å²) in [6.07, 6.45) is 2.00. The SMILES string of the molecule is Nc1nc(CCC2CCN(C(=O)OC3CCNC3)CC2)nc2c1ncn2[C@@H]1O[C@H](C(=O)NC2CC2)C(O)C1O. The lowest BCUT2D eigenvalue weighted by Gasteiger charge is -2.32. The molecule has 1 aliphatic carbocycles. The van der Waals surface area contributed by atoms with E-state index in [1.807, 2.05) is 0 Å². The number of likely N-dealkylation sites (tertiary alicyclic amines) is 1. The summed E-state index contributed by atoms with van der Waals surface area (Å²) >= 11 is 0. The Kier molecular flexibility index (Phi) is 7.27. The second-order valence-electron chi connectivity index (χ2n) is 11.0. The lowest BCUT2D eigenvalue weighted by molar-refractivity contribution is -0.137. The topological polar surface area (TPSA) is 190 Å². The second-order valence-corrected chi connectivity index (χ2v) is 11.0. The molecule has 2 aromatic heterocycles. The molecular weight excluding hydrogens is 508 g/mol. The van der Waals surface area contributed by atoms with Gasteiger partial charge < -0.3 is 41.0 Å². The maximum atomic E-state index is 12.5. The number of nitrogens with zero attached hydrogens (tertiary/aromatic N) is 5. The van der Waals surface area contributed by atoms with Crippen molar-refractivity contribution < 1.29 is 29.3 Å². The van der Waals surface area contributed by atoms with Crippen LogP contribution in [0.4, 0.5) is 10.6 Å². The van der Waals surface area contributed by atoms with E-state index in [0.29, 0.717) is 42.4 Å². The van der Waals surface area contributed by atoms with Crippen molar-refractivity contribution >= 4 is 29.0 Å². The van der Waals surface area contributed by atoms with Gasteiger partial charge in [-0.2, -0.15) is 0 Å². The molecule has 0 aromatic carbocycles. The summed E-state index contributed by atoms with van der Waals surface area (Å²) in [4.78, 5) is 40.1. The summed E-state index contributed by atoms with van der Waals surface area (Å²) in [6, 6.07) is 0.101. The van der Waals surface area contributed by atoms with Gasteiger partial charge in [-0.15, -0.1) is 0 Å². The van der Waals surface area contributed by atoms with E-state index in [2.05, 4.69) is 25.6 Å². The summed E-state index contributed by atoms with van der Waals surface area (Å²) in [7, 11) is 0. The van der Waals surface area contributed by atoms with Crippen molar-refractivity contribution in [2.24, 2.45) is 5.92 Å². The monoisotopic (exact) mass is 544 g/mol. The predicted octanol–water partition coefficient (Wildman–Crippen LogP) is -0.551. The number of rotatable bonds is 7. The Labute approximate surface area is 225 Å². The van der Waals surface area contributed by atoms with E-state index < -0.39 is 30.4 Å². The smallest absolute Gasteiger partial charge is 0.410 e. The molecule has 5 heterocycles. The zero-order chi connectivity index (χ0) is 27.1. The van der Waals surface area contributed by atoms with Gasteiger partial charge in [-0.1, -0.05) is 0 Å². The van der Waals surface area contributed by atoms with E-state index in [0.717, 1.165) is 51.6 Å². The molecule has 4 fully saturated rings. The number of nitrogens with two attached hydrogens (primary N) is 1. The lowest BCUT2D eigenvalue weighted by atomic mass is 9.92. The molecule has 2 amide bonds. The van der Waals surface area contributed by atoms with Crippen LogP contribution < -0.4 is 16.4 Å². The average molecular weight is 545 g/mol. The molecular formula is C25H36N8O6. The van der Waals surface area contributed by atoms with Gasteiger partial charge in [0.25, 0.3) is 5.91 Å². The molecule has 2 aromatic rings. The number of hydrogen-bond donors (Lipinski definition) is 5. The quantitative estimate of drug-likeness (QED) is 0.301. The first-order valence-corrected chi connectivity index (χ1v) is 13.8. The molecule has 5 atom stereocenters. The van der Waals surface area contributed by atoms with Crippen LogP contribution in [0.15, 0.2) is 6.33 Å². The minimum atomic E-state index is -1.39. The van der Waals surface area contributed by atoms with Crippen LogP contribution in [0.25, 0.3) is 11.2 Å². The van der Waals surface area contributed by atoms with E-state index in [9.17, 15) is 19.8 Å². The number of carbonyl (C=O) groups is 2. The lowest BCUT2D eigenvalue weighted by Crippen LogP contribution is -2.43. The molecule has 4 aliphatic rings. The normalized spacial score (nSPS) is 29.7. The van der Waals surface area contributed by atoms with Crippen molar-refractivity contribution in [3.05, 3.63) is 12.2 Å². The van der Waals surface area contributed by atoms with Gasteiger partial charge >= 0.3 is 6.09 Å². The van der Waals surface area contributed by atoms with Gasteiger partial charge in [0.1, 0.15) is 29.7 Å². The molecule has 0 bridgehead atoms. The number of anilines is 1. The zero-order valence-electron chi connectivity index (χ0n) is 21.7. The molecule has 3 unspecified atom stereocenters. The number of aryl methyl sites for hydroxylation is 1. The van der Waals surface area contributed by atoms with Crippen LogP contribution in [0, 0.1) is 5.92 Å². The third-order valence-corrected chi connectivity index (χ3v) is 8.12. The average Bonchev–Trinajstić information content (AvgIpc) is 3.28. The molecule has 14 nitrogen and oxygen atoms in total. The second kappa shape index (κ2) is 10.8. The number of ether oxygens (including phenoxy) is 2. The van der Waals surface area contributed by atoms with Crippen molar-refractivity contribution in [2.45, 2.75) is 81.6 Å². The fourth-order valence-corrected chi connectivity index (χ4v) is 5.58. The minimum absolute atomic E-state index is 0.0361. The molecule has 0 radical (unpaired) electrons. The van der Waals surface area contributed by atoms with Crippen LogP contribution >= 0.6 is 0 Å². The highest BCUT2D eigenvalue weighted by molar-refractivity contribution is 5.83. The van der Waals surface area contributed by atoms with E-state index in [4.69, 9.17) is 15.2 Å². The van der Waals surface area contributed by atoms with Gasteiger partial charge in [0.2, 0.25) is 0 Å². The standard InChI is InChI=1S/C25H36N8O6/c26-21-17-22(33(12-28-17)24-19(35)18(34)20(39-24)23(36)29-14-2-3-14)31-16(30-21)4-1-13-6-9-32(10-7-13)25(37)38-15-5-8-27-11-15/h12-15,18-20,24,27,34-35H,1-11H2,(H,29,36)(H2,26,30,31)/t15?,18?,19?,20-,24+/m0/s1.